The number of aromatic nitrogens is 2. The second-order valence-corrected chi connectivity index (χ2v) is 5.58. The van der Waals surface area contributed by atoms with Crippen LogP contribution in [0.4, 0.5) is 0 Å². The lowest BCUT2D eigenvalue weighted by atomic mass is 10.2. The third kappa shape index (κ3) is 2.77. The van der Waals surface area contributed by atoms with E-state index < -0.39 is 0 Å². The highest BCUT2D eigenvalue weighted by Crippen LogP contribution is 2.22. The van der Waals surface area contributed by atoms with Gasteiger partial charge in [0.05, 0.1) is 11.0 Å². The fourth-order valence-electron chi connectivity index (χ4n) is 2.55. The first-order valence-corrected chi connectivity index (χ1v) is 7.30. The molecule has 108 valence electrons. The minimum atomic E-state index is 0.356. The summed E-state index contributed by atoms with van der Waals surface area (Å²) in [7, 11) is 0. The van der Waals surface area contributed by atoms with Crippen LogP contribution in [0.2, 0.25) is 0 Å². The van der Waals surface area contributed by atoms with Gasteiger partial charge in [0.2, 0.25) is 0 Å². The van der Waals surface area contributed by atoms with Gasteiger partial charge in [0.1, 0.15) is 18.2 Å². The summed E-state index contributed by atoms with van der Waals surface area (Å²) in [6, 6.07) is 16.7. The van der Waals surface area contributed by atoms with E-state index in [1.807, 2.05) is 30.3 Å². The Morgan fingerprint density at radius 3 is 2.48 bits per heavy atom. The van der Waals surface area contributed by atoms with E-state index in [1.54, 1.807) is 0 Å². The summed E-state index contributed by atoms with van der Waals surface area (Å²) >= 11 is 0. The second kappa shape index (κ2) is 5.60. The standard InChI is InChI=1S/C18H20N2O/c1-13(2)20-17-7-5-4-6-16(17)19-18(20)12-21-15-10-8-14(3)9-11-15/h4-11,13H,12H2,1-3H3. The van der Waals surface area contributed by atoms with Crippen LogP contribution in [0.5, 0.6) is 5.75 Å². The van der Waals surface area contributed by atoms with E-state index >= 15 is 0 Å². The van der Waals surface area contributed by atoms with Gasteiger partial charge in [-0.15, -0.1) is 0 Å². The van der Waals surface area contributed by atoms with Gasteiger partial charge in [-0.3, -0.25) is 0 Å². The van der Waals surface area contributed by atoms with E-state index in [9.17, 15) is 0 Å². The summed E-state index contributed by atoms with van der Waals surface area (Å²) < 4.78 is 8.12. The number of hydrogen-bond acceptors (Lipinski definition) is 2. The van der Waals surface area contributed by atoms with E-state index in [2.05, 4.69) is 43.5 Å². The smallest absolute Gasteiger partial charge is 0.148 e. The molecular formula is C18H20N2O. The van der Waals surface area contributed by atoms with E-state index in [4.69, 9.17) is 9.72 Å². The molecule has 0 aliphatic heterocycles. The lowest BCUT2D eigenvalue weighted by Crippen LogP contribution is -2.09. The van der Waals surface area contributed by atoms with Crippen molar-refractivity contribution >= 4 is 11.0 Å². The van der Waals surface area contributed by atoms with Crippen molar-refractivity contribution < 1.29 is 4.74 Å². The zero-order valence-electron chi connectivity index (χ0n) is 12.7. The third-order valence-corrected chi connectivity index (χ3v) is 3.57. The van der Waals surface area contributed by atoms with Crippen molar-refractivity contribution in [1.29, 1.82) is 0 Å². The molecule has 1 heterocycles. The highest BCUT2D eigenvalue weighted by Gasteiger charge is 2.13. The number of rotatable bonds is 4. The number of hydrogen-bond donors (Lipinski definition) is 0. The Hall–Kier alpha value is -2.29. The zero-order chi connectivity index (χ0) is 14.8. The fraction of sp³-hybridized carbons (Fsp3) is 0.278. The molecule has 0 amide bonds. The van der Waals surface area contributed by atoms with Crippen LogP contribution < -0.4 is 4.74 Å². The normalized spacial score (nSPS) is 11.2. The molecule has 0 saturated heterocycles. The first-order valence-electron chi connectivity index (χ1n) is 7.30. The number of fused-ring (bicyclic) bond motifs is 1. The maximum Gasteiger partial charge on any atom is 0.148 e. The molecule has 0 N–H and O–H groups in total. The van der Waals surface area contributed by atoms with E-state index in [-0.39, 0.29) is 0 Å². The van der Waals surface area contributed by atoms with Crippen LogP contribution in [-0.4, -0.2) is 9.55 Å². The predicted molar refractivity (Wildman–Crippen MR) is 85.6 cm³/mol. The fourth-order valence-corrected chi connectivity index (χ4v) is 2.55. The first kappa shape index (κ1) is 13.7. The second-order valence-electron chi connectivity index (χ2n) is 5.58. The monoisotopic (exact) mass is 280 g/mol. The van der Waals surface area contributed by atoms with Gasteiger partial charge in [0.15, 0.2) is 0 Å². The van der Waals surface area contributed by atoms with Gasteiger partial charge in [0, 0.05) is 6.04 Å². The number of benzene rings is 2. The molecule has 0 bridgehead atoms. The third-order valence-electron chi connectivity index (χ3n) is 3.57. The van der Waals surface area contributed by atoms with E-state index in [0.717, 1.165) is 22.6 Å². The van der Waals surface area contributed by atoms with Crippen molar-refractivity contribution in [2.75, 3.05) is 0 Å². The SMILES string of the molecule is Cc1ccc(OCc2nc3ccccc3n2C(C)C)cc1. The molecule has 0 aliphatic rings. The molecule has 0 aliphatic carbocycles. The number of nitrogens with zero attached hydrogens (tertiary/aromatic N) is 2. The quantitative estimate of drug-likeness (QED) is 0.703. The molecule has 3 aromatic rings. The molecule has 3 rings (SSSR count). The number of aryl methyl sites for hydroxylation is 1. The Labute approximate surface area is 125 Å². The molecule has 3 heteroatoms. The average molecular weight is 280 g/mol. The average Bonchev–Trinajstić information content (AvgIpc) is 2.85. The van der Waals surface area contributed by atoms with Crippen molar-refractivity contribution in [3.05, 3.63) is 59.9 Å². The summed E-state index contributed by atoms with van der Waals surface area (Å²) in [4.78, 5) is 4.70. The Bertz CT molecular complexity index is 742. The van der Waals surface area contributed by atoms with Crippen LogP contribution in [0.15, 0.2) is 48.5 Å². The maximum atomic E-state index is 5.88. The summed E-state index contributed by atoms with van der Waals surface area (Å²) in [5.74, 6) is 1.84. The van der Waals surface area contributed by atoms with Gasteiger partial charge in [-0.25, -0.2) is 4.98 Å². The van der Waals surface area contributed by atoms with Gasteiger partial charge >= 0.3 is 0 Å². The largest absolute Gasteiger partial charge is 0.486 e. The van der Waals surface area contributed by atoms with Crippen LogP contribution in [0, 0.1) is 6.92 Å². The Balaban J connectivity index is 1.89. The molecule has 1 aromatic heterocycles. The van der Waals surface area contributed by atoms with E-state index in [0.29, 0.717) is 12.6 Å². The molecular weight excluding hydrogens is 260 g/mol. The predicted octanol–water partition coefficient (Wildman–Crippen LogP) is 4.50. The number of para-hydroxylation sites is 2. The van der Waals surface area contributed by atoms with Gasteiger partial charge in [0.25, 0.3) is 0 Å². The molecule has 0 spiro atoms. The first-order chi connectivity index (χ1) is 10.1. The Morgan fingerprint density at radius 2 is 1.76 bits per heavy atom. The Morgan fingerprint density at radius 1 is 1.05 bits per heavy atom. The molecule has 3 nitrogen and oxygen atoms in total. The molecule has 2 aromatic carbocycles. The van der Waals surface area contributed by atoms with Crippen LogP contribution in [0.3, 0.4) is 0 Å². The van der Waals surface area contributed by atoms with Crippen molar-refractivity contribution in [3.63, 3.8) is 0 Å². The molecule has 0 unspecified atom stereocenters. The van der Waals surface area contributed by atoms with Gasteiger partial charge < -0.3 is 9.30 Å². The van der Waals surface area contributed by atoms with Crippen LogP contribution >= 0.6 is 0 Å². The maximum absolute atomic E-state index is 5.88. The summed E-state index contributed by atoms with van der Waals surface area (Å²) in [5.41, 5.74) is 3.42. The van der Waals surface area contributed by atoms with Crippen molar-refractivity contribution in [1.82, 2.24) is 9.55 Å². The lowest BCUT2D eigenvalue weighted by Gasteiger charge is -2.13. The molecule has 0 radical (unpaired) electrons. The minimum Gasteiger partial charge on any atom is -0.486 e. The highest BCUT2D eigenvalue weighted by atomic mass is 16.5. The van der Waals surface area contributed by atoms with Crippen LogP contribution in [-0.2, 0) is 6.61 Å². The van der Waals surface area contributed by atoms with Crippen molar-refractivity contribution in [3.8, 4) is 5.75 Å². The van der Waals surface area contributed by atoms with Gasteiger partial charge in [-0.2, -0.15) is 0 Å². The van der Waals surface area contributed by atoms with Crippen LogP contribution in [0.1, 0.15) is 31.3 Å². The summed E-state index contributed by atoms with van der Waals surface area (Å²) in [6.45, 7) is 6.89. The zero-order valence-corrected chi connectivity index (χ0v) is 12.7. The lowest BCUT2D eigenvalue weighted by molar-refractivity contribution is 0.287. The molecule has 0 atom stereocenters. The van der Waals surface area contributed by atoms with Gasteiger partial charge in [-0.05, 0) is 45.0 Å². The Kier molecular flexibility index (Phi) is 3.65. The highest BCUT2D eigenvalue weighted by molar-refractivity contribution is 5.76. The van der Waals surface area contributed by atoms with Gasteiger partial charge in [-0.1, -0.05) is 29.8 Å². The summed E-state index contributed by atoms with van der Waals surface area (Å²) in [6.07, 6.45) is 0. The number of ether oxygens (including phenoxy) is 1. The van der Waals surface area contributed by atoms with Crippen molar-refractivity contribution in [2.24, 2.45) is 0 Å². The molecule has 0 fully saturated rings. The molecule has 0 saturated carbocycles. The number of imidazole rings is 1. The summed E-state index contributed by atoms with van der Waals surface area (Å²) in [5, 5.41) is 0. The van der Waals surface area contributed by atoms with Crippen LogP contribution in [0.25, 0.3) is 11.0 Å². The topological polar surface area (TPSA) is 27.1 Å². The van der Waals surface area contributed by atoms with Crippen molar-refractivity contribution in [2.45, 2.75) is 33.4 Å². The molecule has 21 heavy (non-hydrogen) atoms. The van der Waals surface area contributed by atoms with E-state index in [1.165, 1.54) is 5.56 Å². The minimum absolute atomic E-state index is 0.356.